The van der Waals surface area contributed by atoms with Gasteiger partial charge in [0.25, 0.3) is 0 Å². The van der Waals surface area contributed by atoms with Crippen molar-refractivity contribution in [3.05, 3.63) is 66.2 Å². The fraction of sp³-hybridized carbons (Fsp3) is 0.235. The van der Waals surface area contributed by atoms with Gasteiger partial charge in [-0.2, -0.15) is 0 Å². The summed E-state index contributed by atoms with van der Waals surface area (Å²) in [5, 5.41) is 9.34. The van der Waals surface area contributed by atoms with Crippen molar-refractivity contribution >= 4 is 17.7 Å². The molecular formula is C17H18O2S. The first-order chi connectivity index (χ1) is 9.77. The molecule has 0 aliphatic heterocycles. The summed E-state index contributed by atoms with van der Waals surface area (Å²) in [6.45, 7) is 0. The van der Waals surface area contributed by atoms with Crippen LogP contribution in [0.1, 0.15) is 24.3 Å². The molecule has 0 aromatic heterocycles. The average molecular weight is 286 g/mol. The first-order valence-electron chi connectivity index (χ1n) is 6.73. The van der Waals surface area contributed by atoms with Gasteiger partial charge in [0, 0.05) is 4.90 Å². The molecule has 0 aliphatic rings. The van der Waals surface area contributed by atoms with Gasteiger partial charge in [-0.25, -0.2) is 0 Å². The molecule has 0 aliphatic carbocycles. The molecule has 0 bridgehead atoms. The molecule has 104 valence electrons. The topological polar surface area (TPSA) is 37.3 Å². The molecule has 1 N–H and O–H groups in total. The standard InChI is InChI=1S/C17H18O2S/c18-17(19)16(14-8-3-1-4-9-14)12-7-13-20-15-10-5-2-6-11-15/h1-6,8-11,16H,7,12-13H2,(H,18,19). The Balaban J connectivity index is 1.83. The monoisotopic (exact) mass is 286 g/mol. The third kappa shape index (κ3) is 4.42. The van der Waals surface area contributed by atoms with Gasteiger partial charge in [0.1, 0.15) is 0 Å². The molecule has 0 radical (unpaired) electrons. The molecular weight excluding hydrogens is 268 g/mol. The Hall–Kier alpha value is -1.74. The van der Waals surface area contributed by atoms with E-state index in [1.54, 1.807) is 11.8 Å². The molecule has 0 saturated heterocycles. The highest BCUT2D eigenvalue weighted by molar-refractivity contribution is 7.99. The van der Waals surface area contributed by atoms with E-state index < -0.39 is 11.9 Å². The molecule has 3 heteroatoms. The number of carbonyl (C=O) groups is 1. The van der Waals surface area contributed by atoms with Crippen molar-refractivity contribution in [3.8, 4) is 0 Å². The summed E-state index contributed by atoms with van der Waals surface area (Å²) < 4.78 is 0. The summed E-state index contributed by atoms with van der Waals surface area (Å²) in [6, 6.07) is 19.7. The summed E-state index contributed by atoms with van der Waals surface area (Å²) in [7, 11) is 0. The van der Waals surface area contributed by atoms with E-state index in [2.05, 4.69) is 12.1 Å². The summed E-state index contributed by atoms with van der Waals surface area (Å²) in [5.41, 5.74) is 0.893. The van der Waals surface area contributed by atoms with Crippen molar-refractivity contribution in [1.82, 2.24) is 0 Å². The first kappa shape index (κ1) is 14.7. The van der Waals surface area contributed by atoms with Crippen molar-refractivity contribution in [2.45, 2.75) is 23.7 Å². The summed E-state index contributed by atoms with van der Waals surface area (Å²) >= 11 is 1.78. The van der Waals surface area contributed by atoms with Crippen LogP contribution in [0, 0.1) is 0 Å². The second kappa shape index (κ2) is 7.75. The quantitative estimate of drug-likeness (QED) is 0.604. The van der Waals surface area contributed by atoms with Crippen LogP contribution in [0.4, 0.5) is 0 Å². The van der Waals surface area contributed by atoms with Crippen molar-refractivity contribution in [3.63, 3.8) is 0 Å². The van der Waals surface area contributed by atoms with Gasteiger partial charge in [-0.1, -0.05) is 48.5 Å². The third-order valence-corrected chi connectivity index (χ3v) is 4.25. The minimum atomic E-state index is -0.735. The zero-order chi connectivity index (χ0) is 14.2. The lowest BCUT2D eigenvalue weighted by molar-refractivity contribution is -0.139. The number of aliphatic carboxylic acids is 1. The molecule has 1 unspecified atom stereocenters. The van der Waals surface area contributed by atoms with Crippen LogP contribution in [0.3, 0.4) is 0 Å². The number of carboxylic acids is 1. The maximum Gasteiger partial charge on any atom is 0.310 e. The van der Waals surface area contributed by atoms with Gasteiger partial charge in [-0.3, -0.25) is 4.79 Å². The number of hydrogen-bond donors (Lipinski definition) is 1. The molecule has 0 fully saturated rings. The molecule has 0 saturated carbocycles. The molecule has 2 rings (SSSR count). The van der Waals surface area contributed by atoms with Crippen LogP contribution in [0.25, 0.3) is 0 Å². The third-order valence-electron chi connectivity index (χ3n) is 3.15. The Morgan fingerprint density at radius 2 is 1.60 bits per heavy atom. The lowest BCUT2D eigenvalue weighted by Gasteiger charge is -2.12. The van der Waals surface area contributed by atoms with E-state index in [0.717, 1.165) is 17.7 Å². The van der Waals surface area contributed by atoms with Gasteiger partial charge in [-0.15, -0.1) is 11.8 Å². The molecule has 2 aromatic carbocycles. The first-order valence-corrected chi connectivity index (χ1v) is 7.71. The van der Waals surface area contributed by atoms with Crippen LogP contribution in [-0.4, -0.2) is 16.8 Å². The Kier molecular flexibility index (Phi) is 5.69. The molecule has 0 amide bonds. The smallest absolute Gasteiger partial charge is 0.310 e. The fourth-order valence-corrected chi connectivity index (χ4v) is 3.01. The summed E-state index contributed by atoms with van der Waals surface area (Å²) in [4.78, 5) is 12.6. The fourth-order valence-electron chi connectivity index (χ4n) is 2.11. The normalized spacial score (nSPS) is 12.0. The highest BCUT2D eigenvalue weighted by Gasteiger charge is 2.18. The van der Waals surface area contributed by atoms with E-state index in [1.165, 1.54) is 4.90 Å². The average Bonchev–Trinajstić information content (AvgIpc) is 2.49. The molecule has 2 nitrogen and oxygen atoms in total. The second-order valence-corrected chi connectivity index (χ2v) is 5.77. The SMILES string of the molecule is O=C(O)C(CCCSc1ccccc1)c1ccccc1. The Morgan fingerprint density at radius 1 is 1.00 bits per heavy atom. The highest BCUT2D eigenvalue weighted by atomic mass is 32.2. The van der Waals surface area contributed by atoms with Crippen LogP contribution in [0.2, 0.25) is 0 Å². The minimum absolute atomic E-state index is 0.396. The number of hydrogen-bond acceptors (Lipinski definition) is 2. The van der Waals surface area contributed by atoms with Crippen LogP contribution >= 0.6 is 11.8 Å². The molecule has 2 aromatic rings. The second-order valence-electron chi connectivity index (χ2n) is 4.61. The van der Waals surface area contributed by atoms with Gasteiger partial charge >= 0.3 is 5.97 Å². The minimum Gasteiger partial charge on any atom is -0.481 e. The van der Waals surface area contributed by atoms with Crippen molar-refractivity contribution < 1.29 is 9.90 Å². The van der Waals surface area contributed by atoms with Crippen molar-refractivity contribution in [1.29, 1.82) is 0 Å². The lowest BCUT2D eigenvalue weighted by Crippen LogP contribution is -2.11. The number of benzene rings is 2. The lowest BCUT2D eigenvalue weighted by atomic mass is 9.95. The van der Waals surface area contributed by atoms with Crippen LogP contribution in [0.15, 0.2) is 65.6 Å². The zero-order valence-corrected chi connectivity index (χ0v) is 12.1. The van der Waals surface area contributed by atoms with Gasteiger partial charge in [0.05, 0.1) is 5.92 Å². The number of thioether (sulfide) groups is 1. The molecule has 1 atom stereocenters. The van der Waals surface area contributed by atoms with Crippen LogP contribution < -0.4 is 0 Å². The van der Waals surface area contributed by atoms with Crippen LogP contribution in [0.5, 0.6) is 0 Å². The predicted octanol–water partition coefficient (Wildman–Crippen LogP) is 4.43. The maximum atomic E-state index is 11.4. The Morgan fingerprint density at radius 3 is 2.20 bits per heavy atom. The molecule has 0 spiro atoms. The molecule has 20 heavy (non-hydrogen) atoms. The maximum absolute atomic E-state index is 11.4. The van der Waals surface area contributed by atoms with Crippen molar-refractivity contribution in [2.75, 3.05) is 5.75 Å². The van der Waals surface area contributed by atoms with Gasteiger partial charge in [0.15, 0.2) is 0 Å². The van der Waals surface area contributed by atoms with E-state index in [-0.39, 0.29) is 0 Å². The van der Waals surface area contributed by atoms with Crippen molar-refractivity contribution in [2.24, 2.45) is 0 Å². The van der Waals surface area contributed by atoms with Gasteiger partial charge in [-0.05, 0) is 36.3 Å². The highest BCUT2D eigenvalue weighted by Crippen LogP contribution is 2.24. The van der Waals surface area contributed by atoms with E-state index in [1.807, 2.05) is 48.5 Å². The van der Waals surface area contributed by atoms with E-state index in [4.69, 9.17) is 0 Å². The Labute approximate surface area is 123 Å². The summed E-state index contributed by atoms with van der Waals surface area (Å²) in [6.07, 6.45) is 1.57. The van der Waals surface area contributed by atoms with Gasteiger partial charge in [0.2, 0.25) is 0 Å². The molecule has 0 heterocycles. The van der Waals surface area contributed by atoms with Crippen LogP contribution in [-0.2, 0) is 4.79 Å². The van der Waals surface area contributed by atoms with E-state index in [0.29, 0.717) is 6.42 Å². The van der Waals surface area contributed by atoms with E-state index >= 15 is 0 Å². The summed E-state index contributed by atoms with van der Waals surface area (Å²) in [5.74, 6) is -0.186. The van der Waals surface area contributed by atoms with E-state index in [9.17, 15) is 9.90 Å². The Bertz CT molecular complexity index is 525. The number of rotatable bonds is 7. The number of carboxylic acid groups (broad SMARTS) is 1. The van der Waals surface area contributed by atoms with Gasteiger partial charge < -0.3 is 5.11 Å². The largest absolute Gasteiger partial charge is 0.481 e. The zero-order valence-electron chi connectivity index (χ0n) is 11.2. The predicted molar refractivity (Wildman–Crippen MR) is 83.2 cm³/mol.